The van der Waals surface area contributed by atoms with E-state index in [9.17, 15) is 0 Å². The van der Waals surface area contributed by atoms with Crippen molar-refractivity contribution in [2.45, 2.75) is 31.6 Å². The van der Waals surface area contributed by atoms with Crippen LogP contribution < -0.4 is 5.73 Å². The average Bonchev–Trinajstić information content (AvgIpc) is 2.80. The molecule has 0 spiro atoms. The Morgan fingerprint density at radius 1 is 1.18 bits per heavy atom. The number of nitrogens with zero attached hydrogens (tertiary/aromatic N) is 2. The third kappa shape index (κ3) is 1.95. The molecule has 1 aromatic heterocycles. The van der Waals surface area contributed by atoms with Crippen LogP contribution in [0, 0.1) is 0 Å². The smallest absolute Gasteiger partial charge is 0.223 e. The van der Waals surface area contributed by atoms with Gasteiger partial charge in [0.15, 0.2) is 0 Å². The van der Waals surface area contributed by atoms with E-state index in [0.29, 0.717) is 16.9 Å². The SMILES string of the molecule is Nc1ccc2c(C3CCCC3)nc(Cl)nc2c1. The van der Waals surface area contributed by atoms with Crippen LogP contribution in [0.25, 0.3) is 10.9 Å². The first-order valence-corrected chi connectivity index (χ1v) is 6.34. The molecule has 0 saturated heterocycles. The Hall–Kier alpha value is -1.35. The number of aromatic nitrogens is 2. The lowest BCUT2D eigenvalue weighted by Crippen LogP contribution is -2.00. The van der Waals surface area contributed by atoms with Crippen LogP contribution >= 0.6 is 11.6 Å². The number of hydrogen-bond donors (Lipinski definition) is 1. The first-order chi connectivity index (χ1) is 8.24. The fourth-order valence-electron chi connectivity index (χ4n) is 2.65. The zero-order valence-electron chi connectivity index (χ0n) is 9.49. The second kappa shape index (κ2) is 4.15. The molecule has 0 bridgehead atoms. The summed E-state index contributed by atoms with van der Waals surface area (Å²) >= 11 is 5.99. The van der Waals surface area contributed by atoms with Crippen LogP contribution in [0.2, 0.25) is 5.28 Å². The van der Waals surface area contributed by atoms with Crippen LogP contribution in [0.3, 0.4) is 0 Å². The third-order valence-electron chi connectivity index (χ3n) is 3.47. The number of anilines is 1. The summed E-state index contributed by atoms with van der Waals surface area (Å²) in [5, 5.41) is 1.42. The van der Waals surface area contributed by atoms with Gasteiger partial charge in [0.25, 0.3) is 0 Å². The second-order valence-electron chi connectivity index (χ2n) is 4.64. The van der Waals surface area contributed by atoms with Crippen molar-refractivity contribution < 1.29 is 0 Å². The van der Waals surface area contributed by atoms with Crippen molar-refractivity contribution in [3.8, 4) is 0 Å². The van der Waals surface area contributed by atoms with Crippen molar-refractivity contribution in [3.63, 3.8) is 0 Å². The molecule has 88 valence electrons. The number of rotatable bonds is 1. The molecule has 0 amide bonds. The lowest BCUT2D eigenvalue weighted by molar-refractivity contribution is 0.703. The van der Waals surface area contributed by atoms with Gasteiger partial charge in [0, 0.05) is 17.0 Å². The molecule has 3 rings (SSSR count). The van der Waals surface area contributed by atoms with Crippen molar-refractivity contribution >= 4 is 28.2 Å². The van der Waals surface area contributed by atoms with E-state index in [2.05, 4.69) is 9.97 Å². The molecular weight excluding hydrogens is 234 g/mol. The maximum absolute atomic E-state index is 5.99. The molecule has 2 N–H and O–H groups in total. The molecule has 0 atom stereocenters. The molecule has 1 aliphatic rings. The monoisotopic (exact) mass is 247 g/mol. The molecule has 0 unspecified atom stereocenters. The van der Waals surface area contributed by atoms with Gasteiger partial charge in [-0.2, -0.15) is 0 Å². The fraction of sp³-hybridized carbons (Fsp3) is 0.385. The van der Waals surface area contributed by atoms with Gasteiger partial charge in [-0.25, -0.2) is 9.97 Å². The Morgan fingerprint density at radius 3 is 2.71 bits per heavy atom. The summed E-state index contributed by atoms with van der Waals surface area (Å²) in [4.78, 5) is 8.67. The topological polar surface area (TPSA) is 51.8 Å². The highest BCUT2D eigenvalue weighted by Crippen LogP contribution is 2.36. The summed E-state index contributed by atoms with van der Waals surface area (Å²) in [5.41, 5.74) is 8.44. The van der Waals surface area contributed by atoms with Crippen molar-refractivity contribution in [2.75, 3.05) is 5.73 Å². The van der Waals surface area contributed by atoms with Crippen LogP contribution in [0.1, 0.15) is 37.3 Å². The van der Waals surface area contributed by atoms with E-state index >= 15 is 0 Å². The van der Waals surface area contributed by atoms with Crippen molar-refractivity contribution in [1.29, 1.82) is 0 Å². The van der Waals surface area contributed by atoms with Crippen LogP contribution in [-0.2, 0) is 0 Å². The van der Waals surface area contributed by atoms with Gasteiger partial charge >= 0.3 is 0 Å². The van der Waals surface area contributed by atoms with Gasteiger partial charge in [-0.05, 0) is 42.6 Å². The lowest BCUT2D eigenvalue weighted by Gasteiger charge is -2.12. The summed E-state index contributed by atoms with van der Waals surface area (Å²) < 4.78 is 0. The van der Waals surface area contributed by atoms with Crippen LogP contribution in [0.5, 0.6) is 0 Å². The molecule has 4 heteroatoms. The van der Waals surface area contributed by atoms with Gasteiger partial charge in [0.2, 0.25) is 5.28 Å². The highest BCUT2D eigenvalue weighted by molar-refractivity contribution is 6.28. The number of halogens is 1. The van der Waals surface area contributed by atoms with Crippen molar-refractivity contribution in [3.05, 3.63) is 29.2 Å². The molecule has 17 heavy (non-hydrogen) atoms. The Kier molecular flexibility index (Phi) is 2.63. The van der Waals surface area contributed by atoms with Crippen LogP contribution in [-0.4, -0.2) is 9.97 Å². The quantitative estimate of drug-likeness (QED) is 0.620. The standard InChI is InChI=1S/C13H14ClN3/c14-13-16-11-7-9(15)5-6-10(11)12(17-13)8-3-1-2-4-8/h5-8H,1-4,15H2. The van der Waals surface area contributed by atoms with Crippen molar-refractivity contribution in [2.24, 2.45) is 0 Å². The first-order valence-electron chi connectivity index (χ1n) is 5.97. The van der Waals surface area contributed by atoms with Gasteiger partial charge in [-0.15, -0.1) is 0 Å². The summed E-state index contributed by atoms with van der Waals surface area (Å²) in [7, 11) is 0. The maximum atomic E-state index is 5.99. The minimum atomic E-state index is 0.324. The van der Waals surface area contributed by atoms with E-state index in [1.165, 1.54) is 25.7 Å². The van der Waals surface area contributed by atoms with E-state index in [1.54, 1.807) is 0 Å². The highest BCUT2D eigenvalue weighted by Gasteiger charge is 2.21. The number of nitrogen functional groups attached to an aromatic ring is 1. The summed E-state index contributed by atoms with van der Waals surface area (Å²) in [6.07, 6.45) is 4.96. The Balaban J connectivity index is 2.21. The summed E-state index contributed by atoms with van der Waals surface area (Å²) in [6, 6.07) is 5.77. The molecule has 1 saturated carbocycles. The van der Waals surface area contributed by atoms with E-state index in [-0.39, 0.29) is 0 Å². The van der Waals surface area contributed by atoms with E-state index < -0.39 is 0 Å². The fourth-order valence-corrected chi connectivity index (χ4v) is 2.83. The highest BCUT2D eigenvalue weighted by atomic mass is 35.5. The maximum Gasteiger partial charge on any atom is 0.223 e. The van der Waals surface area contributed by atoms with Gasteiger partial charge in [-0.1, -0.05) is 12.8 Å². The average molecular weight is 248 g/mol. The van der Waals surface area contributed by atoms with Crippen LogP contribution in [0.15, 0.2) is 18.2 Å². The lowest BCUT2D eigenvalue weighted by atomic mass is 9.99. The van der Waals surface area contributed by atoms with E-state index in [4.69, 9.17) is 17.3 Å². The molecule has 3 nitrogen and oxygen atoms in total. The molecule has 0 aliphatic heterocycles. The van der Waals surface area contributed by atoms with E-state index in [1.807, 2.05) is 18.2 Å². The van der Waals surface area contributed by atoms with Gasteiger partial charge in [0.05, 0.1) is 11.2 Å². The zero-order valence-corrected chi connectivity index (χ0v) is 10.2. The Labute approximate surface area is 105 Å². The van der Waals surface area contributed by atoms with Crippen LogP contribution in [0.4, 0.5) is 5.69 Å². The van der Waals surface area contributed by atoms with E-state index in [0.717, 1.165) is 16.6 Å². The molecule has 2 aromatic rings. The first kappa shape index (κ1) is 10.8. The predicted molar refractivity (Wildman–Crippen MR) is 70.2 cm³/mol. The molecule has 0 radical (unpaired) electrons. The summed E-state index contributed by atoms with van der Waals surface area (Å²) in [6.45, 7) is 0. The number of benzene rings is 1. The van der Waals surface area contributed by atoms with Gasteiger partial charge in [-0.3, -0.25) is 0 Å². The Bertz CT molecular complexity index is 557. The number of fused-ring (bicyclic) bond motifs is 1. The molecular formula is C13H14ClN3. The minimum Gasteiger partial charge on any atom is -0.399 e. The normalized spacial score (nSPS) is 16.8. The molecule has 1 aromatic carbocycles. The molecule has 1 fully saturated rings. The largest absolute Gasteiger partial charge is 0.399 e. The molecule has 1 heterocycles. The van der Waals surface area contributed by atoms with Gasteiger partial charge in [0.1, 0.15) is 0 Å². The Morgan fingerprint density at radius 2 is 1.94 bits per heavy atom. The predicted octanol–water partition coefficient (Wildman–Crippen LogP) is 3.52. The number of nitrogens with two attached hydrogens (primary N) is 1. The minimum absolute atomic E-state index is 0.324. The third-order valence-corrected chi connectivity index (χ3v) is 3.63. The zero-order chi connectivity index (χ0) is 11.8. The molecule has 1 aliphatic carbocycles. The van der Waals surface area contributed by atoms with Gasteiger partial charge < -0.3 is 5.73 Å². The van der Waals surface area contributed by atoms with Crippen molar-refractivity contribution in [1.82, 2.24) is 9.97 Å². The second-order valence-corrected chi connectivity index (χ2v) is 4.97. The summed E-state index contributed by atoms with van der Waals surface area (Å²) in [5.74, 6) is 0.529. The number of hydrogen-bond acceptors (Lipinski definition) is 3.